The molecule has 2 amide bonds. The van der Waals surface area contributed by atoms with Crippen LogP contribution in [-0.2, 0) is 41.5 Å². The second kappa shape index (κ2) is 12.6. The zero-order valence-electron chi connectivity index (χ0n) is 28.2. The van der Waals surface area contributed by atoms with Gasteiger partial charge in [0.1, 0.15) is 5.60 Å². The molecule has 0 spiro atoms. The molecule has 252 valence electrons. The molecule has 2 aliphatic rings. The molecule has 7 rings (SSSR count). The number of benzene rings is 1. The van der Waals surface area contributed by atoms with Gasteiger partial charge >= 0.3 is 6.09 Å². The number of pyridine rings is 2. The van der Waals surface area contributed by atoms with E-state index in [-0.39, 0.29) is 24.1 Å². The fraction of sp³-hybridized carbons (Fsp3) is 0.378. The molecular weight excluding hydrogens is 620 g/mol. The van der Waals surface area contributed by atoms with Crippen LogP contribution in [0.1, 0.15) is 80.7 Å². The van der Waals surface area contributed by atoms with Crippen molar-refractivity contribution in [1.29, 1.82) is 0 Å². The van der Waals surface area contributed by atoms with E-state index in [1.807, 2.05) is 54.5 Å². The first-order chi connectivity index (χ1) is 23.5. The molecule has 1 fully saturated rings. The van der Waals surface area contributed by atoms with Crippen LogP contribution in [-0.4, -0.2) is 52.4 Å². The van der Waals surface area contributed by atoms with Crippen LogP contribution in [0.25, 0.3) is 22.0 Å². The van der Waals surface area contributed by atoms with Gasteiger partial charge in [0, 0.05) is 36.6 Å². The Kier molecular flexibility index (Phi) is 8.25. The van der Waals surface area contributed by atoms with E-state index in [0.717, 1.165) is 47.5 Å². The fourth-order valence-electron chi connectivity index (χ4n) is 6.86. The summed E-state index contributed by atoms with van der Waals surface area (Å²) in [4.78, 5) is 51.7. The van der Waals surface area contributed by atoms with Crippen LogP contribution in [0, 0.1) is 0 Å². The second-order valence-corrected chi connectivity index (χ2v) is 14.0. The third-order valence-corrected chi connectivity index (χ3v) is 9.45. The molecule has 12 heteroatoms. The van der Waals surface area contributed by atoms with E-state index in [0.29, 0.717) is 35.9 Å². The lowest BCUT2D eigenvalue weighted by Gasteiger charge is -2.37. The molecular formula is C37H40N8O4. The highest BCUT2D eigenvalue weighted by Gasteiger charge is 2.54. The van der Waals surface area contributed by atoms with Crippen LogP contribution in [0.15, 0.2) is 71.9 Å². The number of aryl methyl sites for hydroxylation is 2. The fourth-order valence-corrected chi connectivity index (χ4v) is 6.86. The van der Waals surface area contributed by atoms with Gasteiger partial charge in [0.15, 0.2) is 0 Å². The summed E-state index contributed by atoms with van der Waals surface area (Å²) in [6.07, 6.45) is 8.82. The first-order valence-electron chi connectivity index (χ1n) is 16.7. The minimum atomic E-state index is -0.770. The third kappa shape index (κ3) is 6.42. The van der Waals surface area contributed by atoms with Gasteiger partial charge in [-0.15, -0.1) is 0 Å². The number of fused-ring (bicyclic) bond motifs is 2. The van der Waals surface area contributed by atoms with Gasteiger partial charge < -0.3 is 15.0 Å². The molecule has 1 atom stereocenters. The Morgan fingerprint density at radius 2 is 1.92 bits per heavy atom. The van der Waals surface area contributed by atoms with Gasteiger partial charge in [-0.1, -0.05) is 12.1 Å². The van der Waals surface area contributed by atoms with E-state index in [2.05, 4.69) is 26.7 Å². The largest absolute Gasteiger partial charge is 0.444 e. The van der Waals surface area contributed by atoms with Crippen molar-refractivity contribution in [2.24, 2.45) is 7.05 Å². The van der Waals surface area contributed by atoms with Crippen LogP contribution in [0.4, 0.5) is 4.79 Å². The normalized spacial score (nSPS) is 16.5. The maximum atomic E-state index is 15.0. The number of nitrogens with one attached hydrogen (secondary N) is 2. The van der Waals surface area contributed by atoms with E-state index in [9.17, 15) is 14.4 Å². The third-order valence-electron chi connectivity index (χ3n) is 9.45. The van der Waals surface area contributed by atoms with E-state index < -0.39 is 17.1 Å². The molecule has 4 heterocycles. The quantitative estimate of drug-likeness (QED) is 0.229. The Morgan fingerprint density at radius 3 is 2.63 bits per heavy atom. The van der Waals surface area contributed by atoms with Gasteiger partial charge in [0.2, 0.25) is 5.91 Å². The lowest BCUT2D eigenvalue weighted by Crippen LogP contribution is -2.43. The first-order valence-corrected chi connectivity index (χ1v) is 16.7. The second-order valence-electron chi connectivity index (χ2n) is 14.0. The number of alkyl carbamates (subject to hydrolysis) is 1. The Morgan fingerprint density at radius 1 is 1.08 bits per heavy atom. The Labute approximate surface area is 283 Å². The van der Waals surface area contributed by atoms with Crippen LogP contribution in [0.5, 0.6) is 0 Å². The molecule has 1 unspecified atom stereocenters. The molecule has 1 aromatic carbocycles. The summed E-state index contributed by atoms with van der Waals surface area (Å²) in [5.74, 6) is 0.0130. The van der Waals surface area contributed by atoms with E-state index in [1.54, 1.807) is 43.9 Å². The number of carbonyl (C=O) groups is 2. The summed E-state index contributed by atoms with van der Waals surface area (Å²) in [5.41, 5.74) is 4.31. The van der Waals surface area contributed by atoms with Gasteiger partial charge in [0.25, 0.3) is 5.56 Å². The molecule has 4 aromatic heterocycles. The number of nitrogens with zero attached hydrogens (tertiary/aromatic N) is 6. The van der Waals surface area contributed by atoms with Crippen molar-refractivity contribution in [1.82, 2.24) is 40.2 Å². The monoisotopic (exact) mass is 660 g/mol. The summed E-state index contributed by atoms with van der Waals surface area (Å²) >= 11 is 0. The van der Waals surface area contributed by atoms with Crippen LogP contribution >= 0.6 is 0 Å². The maximum absolute atomic E-state index is 15.0. The predicted molar refractivity (Wildman–Crippen MR) is 183 cm³/mol. The first kappa shape index (κ1) is 32.2. The van der Waals surface area contributed by atoms with Gasteiger partial charge in [-0.2, -0.15) is 10.2 Å². The SMILES string of the molecule is Cn1nccc1-c1ccc(CN(C(=O)C2(c3ccc4c(=O)[nH]nc(CNC(=O)OC(C)(C)C)c4c3)CC2)C2CCCc3cccnc32)nc1. The molecule has 49 heavy (non-hydrogen) atoms. The highest BCUT2D eigenvalue weighted by atomic mass is 16.6. The maximum Gasteiger partial charge on any atom is 0.407 e. The van der Waals surface area contributed by atoms with Crippen molar-refractivity contribution in [2.45, 2.75) is 83.0 Å². The molecule has 12 nitrogen and oxygen atoms in total. The molecule has 1 saturated carbocycles. The number of ether oxygens (including phenoxy) is 1. The van der Waals surface area contributed by atoms with Gasteiger partial charge in [-0.3, -0.25) is 24.2 Å². The summed E-state index contributed by atoms with van der Waals surface area (Å²) in [5, 5.41) is 14.8. The molecule has 2 N–H and O–H groups in total. The highest BCUT2D eigenvalue weighted by Crippen LogP contribution is 2.52. The number of aromatic amines is 1. The van der Waals surface area contributed by atoms with Crippen molar-refractivity contribution < 1.29 is 14.3 Å². The number of carbonyl (C=O) groups excluding carboxylic acids is 2. The topological polar surface area (TPSA) is 148 Å². The minimum Gasteiger partial charge on any atom is -0.444 e. The average molecular weight is 661 g/mol. The number of amides is 2. The number of hydrogen-bond donors (Lipinski definition) is 2. The van der Waals surface area contributed by atoms with Crippen LogP contribution < -0.4 is 10.9 Å². The van der Waals surface area contributed by atoms with E-state index in [1.165, 1.54) is 5.56 Å². The standard InChI is InChI=1S/C37H40N8O4/c1-36(2,3)49-35(48)40-21-29-28-19-25(11-13-27(28)33(46)43-42-29)37(15-16-37)34(47)45(31-9-5-7-23-8-6-17-38-32(23)31)22-26-12-10-24(20-39-26)30-14-18-41-44(30)4/h6,8,10-14,17-20,31H,5,7,9,15-16,21-22H2,1-4H3,(H,40,48)(H,43,46). The lowest BCUT2D eigenvalue weighted by molar-refractivity contribution is -0.137. The van der Waals surface area contributed by atoms with Crippen molar-refractivity contribution in [2.75, 3.05) is 0 Å². The minimum absolute atomic E-state index is 0.0130. The molecule has 0 saturated heterocycles. The van der Waals surface area contributed by atoms with Gasteiger partial charge in [-0.05, 0) is 100 Å². The number of rotatable bonds is 8. The van der Waals surface area contributed by atoms with Gasteiger partial charge in [0.05, 0.1) is 52.7 Å². The predicted octanol–water partition coefficient (Wildman–Crippen LogP) is 5.28. The summed E-state index contributed by atoms with van der Waals surface area (Å²) < 4.78 is 7.19. The van der Waals surface area contributed by atoms with Crippen molar-refractivity contribution >= 4 is 22.8 Å². The number of H-pyrrole nitrogens is 1. The Balaban J connectivity index is 1.23. The number of aromatic nitrogens is 6. The van der Waals surface area contributed by atoms with Crippen molar-refractivity contribution in [3.05, 3.63) is 106 Å². The van der Waals surface area contributed by atoms with Crippen molar-refractivity contribution in [3.8, 4) is 11.3 Å². The van der Waals surface area contributed by atoms with E-state index in [4.69, 9.17) is 14.7 Å². The zero-order chi connectivity index (χ0) is 34.3. The Bertz CT molecular complexity index is 2090. The zero-order valence-corrected chi connectivity index (χ0v) is 28.2. The number of hydrogen-bond acceptors (Lipinski definition) is 8. The summed E-state index contributed by atoms with van der Waals surface area (Å²) in [7, 11) is 1.89. The molecule has 0 bridgehead atoms. The van der Waals surface area contributed by atoms with Gasteiger partial charge in [-0.25, -0.2) is 9.89 Å². The van der Waals surface area contributed by atoms with Crippen LogP contribution in [0.2, 0.25) is 0 Å². The van der Waals surface area contributed by atoms with Crippen molar-refractivity contribution in [3.63, 3.8) is 0 Å². The average Bonchev–Trinajstić information content (AvgIpc) is 3.79. The summed E-state index contributed by atoms with van der Waals surface area (Å²) in [6, 6.07) is 15.3. The van der Waals surface area contributed by atoms with E-state index >= 15 is 0 Å². The molecule has 2 aliphatic carbocycles. The smallest absolute Gasteiger partial charge is 0.407 e. The Hall–Kier alpha value is -5.39. The highest BCUT2D eigenvalue weighted by molar-refractivity contribution is 5.94. The summed E-state index contributed by atoms with van der Waals surface area (Å²) in [6.45, 7) is 5.74. The molecule has 0 aliphatic heterocycles. The van der Waals surface area contributed by atoms with Crippen LogP contribution in [0.3, 0.4) is 0 Å². The molecule has 5 aromatic rings. The lowest BCUT2D eigenvalue weighted by atomic mass is 9.87. The molecule has 0 radical (unpaired) electrons.